The Balaban J connectivity index is 2.01. The van der Waals surface area contributed by atoms with E-state index in [1.165, 1.54) is 0 Å². The van der Waals surface area contributed by atoms with Crippen LogP contribution in [0.2, 0.25) is 0 Å². The minimum atomic E-state index is -0.784. The van der Waals surface area contributed by atoms with E-state index < -0.39 is 5.97 Å². The van der Waals surface area contributed by atoms with Crippen molar-refractivity contribution in [2.45, 2.75) is 39.2 Å². The Bertz CT molecular complexity index is 498. The minimum absolute atomic E-state index is 0.0127. The summed E-state index contributed by atoms with van der Waals surface area (Å²) in [6.45, 7) is 4.15. The fourth-order valence-electron chi connectivity index (χ4n) is 3.01. The van der Waals surface area contributed by atoms with Crippen LogP contribution in [0.25, 0.3) is 0 Å². The Labute approximate surface area is 125 Å². The van der Waals surface area contributed by atoms with Crippen LogP contribution in [0.4, 0.5) is 0 Å². The van der Waals surface area contributed by atoms with Crippen LogP contribution >= 0.6 is 0 Å². The highest BCUT2D eigenvalue weighted by atomic mass is 16.4. The zero-order valence-corrected chi connectivity index (χ0v) is 12.6. The van der Waals surface area contributed by atoms with E-state index >= 15 is 0 Å². The number of amides is 1. The molecule has 1 aromatic rings. The number of rotatable bonds is 5. The molecule has 1 aliphatic rings. The lowest BCUT2D eigenvalue weighted by molar-refractivity contribution is -0.141. The van der Waals surface area contributed by atoms with Gasteiger partial charge in [0, 0.05) is 5.92 Å². The first-order valence-corrected chi connectivity index (χ1v) is 7.57. The summed E-state index contributed by atoms with van der Waals surface area (Å²) in [7, 11) is 0. The number of carboxylic acid groups (broad SMARTS) is 1. The molecule has 0 aliphatic heterocycles. The molecule has 0 radical (unpaired) electrons. The molecule has 0 spiro atoms. The summed E-state index contributed by atoms with van der Waals surface area (Å²) in [5.41, 5.74) is 1.09. The zero-order valence-electron chi connectivity index (χ0n) is 12.6. The van der Waals surface area contributed by atoms with Crippen molar-refractivity contribution in [3.63, 3.8) is 0 Å². The third kappa shape index (κ3) is 3.84. The Morgan fingerprint density at radius 1 is 1.14 bits per heavy atom. The highest BCUT2D eigenvalue weighted by Gasteiger charge is 2.34. The van der Waals surface area contributed by atoms with Crippen molar-refractivity contribution in [3.8, 4) is 0 Å². The summed E-state index contributed by atoms with van der Waals surface area (Å²) in [6.07, 6.45) is 1.73. The Morgan fingerprint density at radius 2 is 1.76 bits per heavy atom. The van der Waals surface area contributed by atoms with Gasteiger partial charge in [-0.3, -0.25) is 9.59 Å². The van der Waals surface area contributed by atoms with Crippen molar-refractivity contribution in [1.29, 1.82) is 0 Å². The summed E-state index contributed by atoms with van der Waals surface area (Å²) in [5, 5.41) is 12.1. The maximum absolute atomic E-state index is 12.4. The van der Waals surface area contributed by atoms with Crippen LogP contribution in [0.5, 0.6) is 0 Å². The van der Waals surface area contributed by atoms with Crippen molar-refractivity contribution in [2.24, 2.45) is 17.8 Å². The summed E-state index contributed by atoms with van der Waals surface area (Å²) in [6, 6.07) is 9.89. The van der Waals surface area contributed by atoms with Gasteiger partial charge in [-0.05, 0) is 30.7 Å². The van der Waals surface area contributed by atoms with Crippen LogP contribution in [-0.2, 0) is 9.59 Å². The fraction of sp³-hybridized carbons (Fsp3) is 0.529. The molecular formula is C17H23NO3. The maximum Gasteiger partial charge on any atom is 0.306 e. The van der Waals surface area contributed by atoms with Gasteiger partial charge in [-0.15, -0.1) is 0 Å². The van der Waals surface area contributed by atoms with Crippen LogP contribution in [0, 0.1) is 17.8 Å². The summed E-state index contributed by atoms with van der Waals surface area (Å²) < 4.78 is 0. The van der Waals surface area contributed by atoms with Gasteiger partial charge in [0.15, 0.2) is 0 Å². The standard InChI is InChI=1S/C17H23NO3/c1-11(2)15(12-6-4-3-5-7-12)18-16(19)13-8-9-14(10-13)17(20)21/h3-7,11,13-15H,8-10H2,1-2H3,(H,18,19)(H,20,21). The summed E-state index contributed by atoms with van der Waals surface area (Å²) >= 11 is 0. The highest BCUT2D eigenvalue weighted by Crippen LogP contribution is 2.32. The van der Waals surface area contributed by atoms with Crippen LogP contribution < -0.4 is 5.32 Å². The molecule has 4 nitrogen and oxygen atoms in total. The Morgan fingerprint density at radius 3 is 2.29 bits per heavy atom. The molecule has 21 heavy (non-hydrogen) atoms. The van der Waals surface area contributed by atoms with Crippen molar-refractivity contribution < 1.29 is 14.7 Å². The lowest BCUT2D eigenvalue weighted by Gasteiger charge is -2.24. The number of hydrogen-bond acceptors (Lipinski definition) is 2. The predicted molar refractivity (Wildman–Crippen MR) is 80.6 cm³/mol. The first-order chi connectivity index (χ1) is 9.99. The number of carbonyl (C=O) groups is 2. The van der Waals surface area contributed by atoms with Gasteiger partial charge in [0.25, 0.3) is 0 Å². The molecule has 4 heteroatoms. The lowest BCUT2D eigenvalue weighted by Crippen LogP contribution is -2.35. The molecule has 1 amide bonds. The molecule has 2 N–H and O–H groups in total. The third-order valence-corrected chi connectivity index (χ3v) is 4.28. The molecule has 1 aliphatic carbocycles. The Kier molecular flexibility index (Phi) is 4.99. The summed E-state index contributed by atoms with van der Waals surface area (Å²) in [5.74, 6) is -1.05. The average Bonchev–Trinajstić information content (AvgIpc) is 2.95. The second-order valence-corrected chi connectivity index (χ2v) is 6.19. The van der Waals surface area contributed by atoms with Gasteiger partial charge in [-0.2, -0.15) is 0 Å². The quantitative estimate of drug-likeness (QED) is 0.875. The molecule has 0 saturated heterocycles. The fourth-order valence-corrected chi connectivity index (χ4v) is 3.01. The van der Waals surface area contributed by atoms with Gasteiger partial charge in [0.05, 0.1) is 12.0 Å². The van der Waals surface area contributed by atoms with Crippen LogP contribution in [0.1, 0.15) is 44.7 Å². The van der Waals surface area contributed by atoms with Crippen molar-refractivity contribution in [3.05, 3.63) is 35.9 Å². The van der Waals surface area contributed by atoms with E-state index in [9.17, 15) is 9.59 Å². The van der Waals surface area contributed by atoms with Gasteiger partial charge in [-0.1, -0.05) is 44.2 Å². The topological polar surface area (TPSA) is 66.4 Å². The number of aliphatic carboxylic acids is 1. The average molecular weight is 289 g/mol. The van der Waals surface area contributed by atoms with Gasteiger partial charge in [0.2, 0.25) is 5.91 Å². The number of carboxylic acids is 1. The van der Waals surface area contributed by atoms with E-state index in [0.717, 1.165) is 5.56 Å². The van der Waals surface area contributed by atoms with Gasteiger partial charge < -0.3 is 10.4 Å². The third-order valence-electron chi connectivity index (χ3n) is 4.28. The highest BCUT2D eigenvalue weighted by molar-refractivity contribution is 5.81. The second kappa shape index (κ2) is 6.74. The van der Waals surface area contributed by atoms with Crippen molar-refractivity contribution in [2.75, 3.05) is 0 Å². The van der Waals surface area contributed by atoms with E-state index in [2.05, 4.69) is 19.2 Å². The molecule has 1 fully saturated rings. The predicted octanol–water partition coefficient (Wildman–Crippen LogP) is 3.00. The largest absolute Gasteiger partial charge is 0.481 e. The number of nitrogens with one attached hydrogen (secondary N) is 1. The van der Waals surface area contributed by atoms with Crippen LogP contribution in [0.15, 0.2) is 30.3 Å². The molecule has 1 aromatic carbocycles. The molecule has 1 saturated carbocycles. The van der Waals surface area contributed by atoms with Crippen LogP contribution in [0.3, 0.4) is 0 Å². The number of benzene rings is 1. The lowest BCUT2D eigenvalue weighted by atomic mass is 9.94. The smallest absolute Gasteiger partial charge is 0.306 e. The van der Waals surface area contributed by atoms with E-state index in [0.29, 0.717) is 19.3 Å². The van der Waals surface area contributed by atoms with E-state index in [4.69, 9.17) is 5.11 Å². The van der Waals surface area contributed by atoms with Gasteiger partial charge in [-0.25, -0.2) is 0 Å². The van der Waals surface area contributed by atoms with E-state index in [-0.39, 0.29) is 29.7 Å². The van der Waals surface area contributed by atoms with Crippen LogP contribution in [-0.4, -0.2) is 17.0 Å². The minimum Gasteiger partial charge on any atom is -0.481 e. The zero-order chi connectivity index (χ0) is 15.4. The second-order valence-electron chi connectivity index (χ2n) is 6.19. The molecule has 0 bridgehead atoms. The maximum atomic E-state index is 12.4. The summed E-state index contributed by atoms with van der Waals surface area (Å²) in [4.78, 5) is 23.4. The van der Waals surface area contributed by atoms with Gasteiger partial charge >= 0.3 is 5.97 Å². The SMILES string of the molecule is CC(C)C(NC(=O)C1CCC(C(=O)O)C1)c1ccccc1. The van der Waals surface area contributed by atoms with E-state index in [1.54, 1.807) is 0 Å². The molecule has 0 aromatic heterocycles. The first kappa shape index (κ1) is 15.5. The first-order valence-electron chi connectivity index (χ1n) is 7.57. The van der Waals surface area contributed by atoms with E-state index in [1.807, 2.05) is 30.3 Å². The molecule has 3 unspecified atom stereocenters. The molecular weight excluding hydrogens is 266 g/mol. The van der Waals surface area contributed by atoms with Gasteiger partial charge in [0.1, 0.15) is 0 Å². The number of hydrogen-bond donors (Lipinski definition) is 2. The molecule has 2 rings (SSSR count). The van der Waals surface area contributed by atoms with Crippen molar-refractivity contribution in [1.82, 2.24) is 5.32 Å². The normalized spacial score (nSPS) is 23.0. The molecule has 0 heterocycles. The molecule has 3 atom stereocenters. The number of carbonyl (C=O) groups excluding carboxylic acids is 1. The Hall–Kier alpha value is -1.84. The monoisotopic (exact) mass is 289 g/mol. The van der Waals surface area contributed by atoms with Crippen molar-refractivity contribution >= 4 is 11.9 Å². The molecule has 114 valence electrons.